The lowest BCUT2D eigenvalue weighted by Crippen LogP contribution is -2.40. The van der Waals surface area contributed by atoms with Crippen molar-refractivity contribution in [3.63, 3.8) is 0 Å². The van der Waals surface area contributed by atoms with Gasteiger partial charge in [-0.25, -0.2) is 14.0 Å². The molecule has 0 aromatic heterocycles. The predicted octanol–water partition coefficient (Wildman–Crippen LogP) is 3.67. The third kappa shape index (κ3) is 5.89. The standard InChI is InChI=1S/C27H30FN7O5/c1-17(36)30-12-20-13-35(27(38)40-20)19-7-8-24(23(28)11-19)33-14-21-22(15-33)25(21)34(10-9-31-32-29)26(37)39-16-18-5-3-2-4-6-18/h2-8,11,20-22,25H,9-10,12-16H2,1H3,(H,30,36)/t20-,21-,22+,25?/m0/s1. The zero-order valence-corrected chi connectivity index (χ0v) is 22.0. The second-order valence-electron chi connectivity index (χ2n) is 10.1. The molecule has 0 spiro atoms. The van der Waals surface area contributed by atoms with Crippen LogP contribution in [0, 0.1) is 17.7 Å². The average molecular weight is 552 g/mol. The molecule has 2 heterocycles. The van der Waals surface area contributed by atoms with Crippen LogP contribution in [-0.2, 0) is 20.9 Å². The number of azide groups is 1. The van der Waals surface area contributed by atoms with Crippen LogP contribution in [0.1, 0.15) is 12.5 Å². The lowest BCUT2D eigenvalue weighted by atomic mass is 10.2. The van der Waals surface area contributed by atoms with Crippen LogP contribution in [0.3, 0.4) is 0 Å². The zero-order chi connectivity index (χ0) is 28.2. The van der Waals surface area contributed by atoms with Gasteiger partial charge in [-0.05, 0) is 29.3 Å². The molecule has 1 N–H and O–H groups in total. The second kappa shape index (κ2) is 11.7. The van der Waals surface area contributed by atoms with Crippen molar-refractivity contribution < 1.29 is 28.2 Å². The highest BCUT2D eigenvalue weighted by atomic mass is 19.1. The van der Waals surface area contributed by atoms with Gasteiger partial charge < -0.3 is 24.6 Å². The third-order valence-electron chi connectivity index (χ3n) is 7.49. The lowest BCUT2D eigenvalue weighted by molar-refractivity contribution is -0.119. The summed E-state index contributed by atoms with van der Waals surface area (Å²) in [5, 5.41) is 6.19. The van der Waals surface area contributed by atoms with Crippen LogP contribution in [0.5, 0.6) is 0 Å². The summed E-state index contributed by atoms with van der Waals surface area (Å²) in [6.07, 6.45) is -1.57. The number of fused-ring (bicyclic) bond motifs is 1. The maximum absolute atomic E-state index is 15.2. The van der Waals surface area contributed by atoms with Gasteiger partial charge in [-0.3, -0.25) is 9.69 Å². The van der Waals surface area contributed by atoms with Gasteiger partial charge in [-0.1, -0.05) is 35.4 Å². The van der Waals surface area contributed by atoms with Crippen LogP contribution in [-0.4, -0.2) is 74.4 Å². The van der Waals surface area contributed by atoms with E-state index in [0.29, 0.717) is 24.5 Å². The average Bonchev–Trinajstić information content (AvgIpc) is 3.23. The van der Waals surface area contributed by atoms with Gasteiger partial charge in [0.15, 0.2) is 0 Å². The number of carbonyl (C=O) groups is 3. The van der Waals surface area contributed by atoms with E-state index in [4.69, 9.17) is 15.0 Å². The Morgan fingerprint density at radius 3 is 2.62 bits per heavy atom. The van der Waals surface area contributed by atoms with Crippen molar-refractivity contribution in [2.75, 3.05) is 49.1 Å². The van der Waals surface area contributed by atoms with Crippen LogP contribution >= 0.6 is 0 Å². The molecule has 1 aliphatic carbocycles. The molecule has 1 saturated carbocycles. The molecule has 0 bridgehead atoms. The first-order valence-electron chi connectivity index (χ1n) is 13.1. The van der Waals surface area contributed by atoms with Crippen molar-refractivity contribution in [3.8, 4) is 0 Å². The Kier molecular flexibility index (Phi) is 7.92. The number of amides is 3. The number of nitrogens with one attached hydrogen (secondary N) is 1. The second-order valence-corrected chi connectivity index (χ2v) is 10.1. The maximum Gasteiger partial charge on any atom is 0.414 e. The number of halogens is 1. The van der Waals surface area contributed by atoms with Gasteiger partial charge in [0, 0.05) is 55.9 Å². The minimum absolute atomic E-state index is 0.0735. The molecule has 5 rings (SSSR count). The number of cyclic esters (lactones) is 1. The molecule has 12 nitrogen and oxygen atoms in total. The van der Waals surface area contributed by atoms with Crippen LogP contribution < -0.4 is 15.1 Å². The molecule has 2 aromatic rings. The van der Waals surface area contributed by atoms with Crippen LogP contribution in [0.4, 0.5) is 25.4 Å². The highest BCUT2D eigenvalue weighted by Crippen LogP contribution is 2.50. The molecule has 3 aliphatic rings. The Labute approximate surface area is 230 Å². The van der Waals surface area contributed by atoms with Crippen molar-refractivity contribution in [2.45, 2.75) is 25.7 Å². The molecule has 210 valence electrons. The number of rotatable bonds is 10. The highest BCUT2D eigenvalue weighted by Gasteiger charge is 2.60. The van der Waals surface area contributed by atoms with E-state index in [2.05, 4.69) is 15.3 Å². The fourth-order valence-corrected chi connectivity index (χ4v) is 5.53. The first-order chi connectivity index (χ1) is 19.4. The fourth-order valence-electron chi connectivity index (χ4n) is 5.53. The monoisotopic (exact) mass is 551 g/mol. The van der Waals surface area contributed by atoms with E-state index in [0.717, 1.165) is 5.56 Å². The number of carbonyl (C=O) groups excluding carboxylic acids is 3. The number of benzene rings is 2. The van der Waals surface area contributed by atoms with Crippen molar-refractivity contribution in [1.29, 1.82) is 0 Å². The third-order valence-corrected chi connectivity index (χ3v) is 7.49. The van der Waals surface area contributed by atoms with Crippen molar-refractivity contribution in [2.24, 2.45) is 17.0 Å². The minimum Gasteiger partial charge on any atom is -0.445 e. The number of nitrogens with zero attached hydrogens (tertiary/aromatic N) is 6. The number of hydrogen-bond acceptors (Lipinski definition) is 7. The molecular formula is C27H30FN7O5. The van der Waals surface area contributed by atoms with Crippen molar-refractivity contribution in [1.82, 2.24) is 10.2 Å². The molecule has 0 radical (unpaired) electrons. The van der Waals surface area contributed by atoms with E-state index in [1.54, 1.807) is 17.0 Å². The van der Waals surface area contributed by atoms with E-state index in [-0.39, 0.29) is 56.6 Å². The summed E-state index contributed by atoms with van der Waals surface area (Å²) >= 11 is 0. The fraction of sp³-hybridized carbons (Fsp3) is 0.444. The lowest BCUT2D eigenvalue weighted by Gasteiger charge is -2.28. The van der Waals surface area contributed by atoms with E-state index < -0.39 is 24.1 Å². The van der Waals surface area contributed by atoms with Gasteiger partial charge in [0.1, 0.15) is 18.5 Å². The van der Waals surface area contributed by atoms with E-state index in [9.17, 15) is 14.4 Å². The molecule has 3 amide bonds. The summed E-state index contributed by atoms with van der Waals surface area (Å²) in [5.41, 5.74) is 10.3. The minimum atomic E-state index is -0.590. The van der Waals surface area contributed by atoms with Gasteiger partial charge >= 0.3 is 12.2 Å². The Balaban J connectivity index is 1.19. The Hall–Kier alpha value is -4.51. The molecule has 1 unspecified atom stereocenters. The normalized spacial score (nSPS) is 22.7. The smallest absolute Gasteiger partial charge is 0.414 e. The predicted molar refractivity (Wildman–Crippen MR) is 143 cm³/mol. The zero-order valence-electron chi connectivity index (χ0n) is 22.0. The van der Waals surface area contributed by atoms with Crippen LogP contribution in [0.15, 0.2) is 53.6 Å². The van der Waals surface area contributed by atoms with Crippen molar-refractivity contribution >= 4 is 29.5 Å². The van der Waals surface area contributed by atoms with Gasteiger partial charge in [0.05, 0.1) is 24.5 Å². The number of hydrogen-bond donors (Lipinski definition) is 1. The molecule has 13 heteroatoms. The van der Waals surface area contributed by atoms with E-state index in [1.807, 2.05) is 35.2 Å². The first kappa shape index (κ1) is 27.1. The SMILES string of the molecule is CC(=O)NC[C@H]1CN(c2ccc(N3C[C@@H]4C(N(CCN=[N+]=[N-])C(=O)OCc5ccccc5)[C@@H]4C3)c(F)c2)C(=O)O1. The summed E-state index contributed by atoms with van der Waals surface area (Å²) in [5.74, 6) is -0.412. The topological polar surface area (TPSA) is 140 Å². The molecular weight excluding hydrogens is 521 g/mol. The summed E-state index contributed by atoms with van der Waals surface area (Å²) in [6.45, 7) is 3.41. The van der Waals surface area contributed by atoms with Gasteiger partial charge in [0.25, 0.3) is 0 Å². The van der Waals surface area contributed by atoms with Crippen molar-refractivity contribution in [3.05, 3.63) is 70.4 Å². The van der Waals surface area contributed by atoms with Gasteiger partial charge in [0.2, 0.25) is 5.91 Å². The number of anilines is 2. The summed E-state index contributed by atoms with van der Waals surface area (Å²) in [6, 6.07) is 13.9. The van der Waals surface area contributed by atoms with Crippen LogP contribution in [0.2, 0.25) is 0 Å². The molecule has 2 aliphatic heterocycles. The molecule has 2 aromatic carbocycles. The summed E-state index contributed by atoms with van der Waals surface area (Å²) < 4.78 is 26.0. The quantitative estimate of drug-likeness (QED) is 0.271. The maximum atomic E-state index is 15.2. The molecule has 3 fully saturated rings. The summed E-state index contributed by atoms with van der Waals surface area (Å²) in [4.78, 5) is 44.1. The number of ether oxygens (including phenoxy) is 2. The van der Waals surface area contributed by atoms with Crippen LogP contribution in [0.25, 0.3) is 10.4 Å². The Bertz CT molecular complexity index is 1310. The van der Waals surface area contributed by atoms with E-state index in [1.165, 1.54) is 17.9 Å². The summed E-state index contributed by atoms with van der Waals surface area (Å²) in [7, 11) is 0. The molecule has 2 saturated heterocycles. The van der Waals surface area contributed by atoms with Gasteiger partial charge in [-0.2, -0.15) is 0 Å². The molecule has 4 atom stereocenters. The first-order valence-corrected chi connectivity index (χ1v) is 13.1. The highest BCUT2D eigenvalue weighted by molar-refractivity contribution is 5.90. The largest absolute Gasteiger partial charge is 0.445 e. The Morgan fingerprint density at radius 2 is 1.95 bits per heavy atom. The molecule has 40 heavy (non-hydrogen) atoms. The van der Waals surface area contributed by atoms with Gasteiger partial charge in [-0.15, -0.1) is 0 Å². The number of piperidine rings is 1. The van der Waals surface area contributed by atoms with E-state index >= 15 is 4.39 Å². The Morgan fingerprint density at radius 1 is 1.20 bits per heavy atom.